The molecule has 1 aliphatic rings. The number of nitrogens with zero attached hydrogens (tertiary/aromatic N) is 2. The molecule has 1 fully saturated rings. The van der Waals surface area contributed by atoms with Gasteiger partial charge in [0, 0.05) is 31.8 Å². The second kappa shape index (κ2) is 12.2. The maximum atomic E-state index is 13.2. The Balaban J connectivity index is 1.80. The number of aliphatic hydroxyl groups excluding tert-OH is 1. The topological polar surface area (TPSA) is 131 Å². The molecule has 3 atom stereocenters. The van der Waals surface area contributed by atoms with Crippen LogP contribution in [0, 0.1) is 0 Å². The number of halogens is 6. The zero-order chi connectivity index (χ0) is 30.0. The van der Waals surface area contributed by atoms with Gasteiger partial charge in [-0.25, -0.2) is 8.42 Å². The number of sulfone groups is 1. The number of aliphatic hydroxyl groups is 2. The molecule has 1 aromatic heterocycles. The van der Waals surface area contributed by atoms with E-state index < -0.39 is 58.5 Å². The number of alkyl halides is 5. The van der Waals surface area contributed by atoms with E-state index in [1.54, 1.807) is 0 Å². The lowest BCUT2D eigenvalue weighted by Gasteiger charge is -2.39. The van der Waals surface area contributed by atoms with E-state index in [-0.39, 0.29) is 59.8 Å². The van der Waals surface area contributed by atoms with Crippen LogP contribution < -0.4 is 10.1 Å². The minimum atomic E-state index is -4.36. The number of hydrogen-bond acceptors (Lipinski definition) is 7. The molecule has 0 bridgehead atoms. The number of rotatable bonds is 10. The minimum absolute atomic E-state index is 0.00655. The Morgan fingerprint density at radius 1 is 1.35 bits per heavy atom. The first kappa shape index (κ1) is 32.0. The summed E-state index contributed by atoms with van der Waals surface area (Å²) < 4.78 is 93.1. The van der Waals surface area contributed by atoms with Crippen molar-refractivity contribution in [1.29, 1.82) is 0 Å². The van der Waals surface area contributed by atoms with Crippen LogP contribution in [0.1, 0.15) is 48.2 Å². The van der Waals surface area contributed by atoms with Gasteiger partial charge in [0.05, 0.1) is 22.1 Å². The Bertz CT molecular complexity index is 1340. The second-order valence-electron chi connectivity index (χ2n) is 9.84. The number of ether oxygens (including phenoxy) is 1. The maximum absolute atomic E-state index is 13.2. The first-order chi connectivity index (χ1) is 18.4. The lowest BCUT2D eigenvalue weighted by Crippen LogP contribution is -2.56. The van der Waals surface area contributed by atoms with Crippen molar-refractivity contribution in [3.63, 3.8) is 0 Å². The molecule has 1 saturated carbocycles. The van der Waals surface area contributed by atoms with Crippen molar-refractivity contribution in [2.45, 2.75) is 68.3 Å². The van der Waals surface area contributed by atoms with Crippen molar-refractivity contribution >= 4 is 27.3 Å². The van der Waals surface area contributed by atoms with Crippen molar-refractivity contribution in [2.24, 2.45) is 7.05 Å². The van der Waals surface area contributed by atoms with Crippen molar-refractivity contribution in [3.05, 3.63) is 34.5 Å². The lowest BCUT2D eigenvalue weighted by atomic mass is 9.82. The summed E-state index contributed by atoms with van der Waals surface area (Å²) in [5.41, 5.74) is -1.80. The molecule has 0 radical (unpaired) electrons. The molecular weight excluding hydrogens is 589 g/mol. The monoisotopic (exact) mass is 617 g/mol. The van der Waals surface area contributed by atoms with Crippen LogP contribution in [0.3, 0.4) is 0 Å². The first-order valence-electron chi connectivity index (χ1n) is 12.2. The average molecular weight is 618 g/mol. The van der Waals surface area contributed by atoms with E-state index in [1.807, 2.05) is 0 Å². The van der Waals surface area contributed by atoms with Gasteiger partial charge in [-0.2, -0.15) is 27.1 Å². The van der Waals surface area contributed by atoms with Gasteiger partial charge in [-0.05, 0) is 49.8 Å². The fourth-order valence-electron chi connectivity index (χ4n) is 4.62. The van der Waals surface area contributed by atoms with E-state index in [9.17, 15) is 45.4 Å². The van der Waals surface area contributed by atoms with Crippen LogP contribution in [0.15, 0.2) is 18.2 Å². The number of amides is 1. The molecule has 40 heavy (non-hydrogen) atoms. The van der Waals surface area contributed by atoms with Crippen LogP contribution in [0.2, 0.25) is 5.02 Å². The van der Waals surface area contributed by atoms with Crippen LogP contribution in [-0.4, -0.2) is 76.9 Å². The van der Waals surface area contributed by atoms with E-state index in [0.29, 0.717) is 5.56 Å². The second-order valence-corrected chi connectivity index (χ2v) is 12.5. The summed E-state index contributed by atoms with van der Waals surface area (Å²) in [7, 11) is -2.05. The van der Waals surface area contributed by atoms with Gasteiger partial charge in [0.2, 0.25) is 0 Å². The van der Waals surface area contributed by atoms with E-state index in [1.165, 1.54) is 25.2 Å². The maximum Gasteiger partial charge on any atom is 0.389 e. The summed E-state index contributed by atoms with van der Waals surface area (Å²) in [6.45, 7) is -3.71. The van der Waals surface area contributed by atoms with Crippen LogP contribution >= 0.6 is 11.6 Å². The molecule has 3 unspecified atom stereocenters. The van der Waals surface area contributed by atoms with Gasteiger partial charge >= 0.3 is 12.8 Å². The Labute approximate surface area is 232 Å². The van der Waals surface area contributed by atoms with Crippen molar-refractivity contribution in [1.82, 2.24) is 15.1 Å². The number of aromatic nitrogens is 2. The third kappa shape index (κ3) is 7.83. The fraction of sp³-hybridized carbons (Fsp3) is 0.583. The van der Waals surface area contributed by atoms with Crippen LogP contribution in [0.25, 0.3) is 11.3 Å². The minimum Gasteiger partial charge on any atom is -0.434 e. The van der Waals surface area contributed by atoms with Gasteiger partial charge in [-0.1, -0.05) is 17.7 Å². The van der Waals surface area contributed by atoms with Crippen molar-refractivity contribution < 1.29 is 50.1 Å². The summed E-state index contributed by atoms with van der Waals surface area (Å²) in [6.07, 6.45) is -6.33. The summed E-state index contributed by atoms with van der Waals surface area (Å²) >= 11 is 6.40. The largest absolute Gasteiger partial charge is 0.434 e. The molecule has 3 N–H and O–H groups in total. The quantitative estimate of drug-likeness (QED) is 0.347. The van der Waals surface area contributed by atoms with Crippen LogP contribution in [0.5, 0.6) is 5.75 Å². The number of carbonyl (C=O) groups is 1. The van der Waals surface area contributed by atoms with E-state index in [2.05, 4.69) is 15.2 Å². The third-order valence-corrected chi connectivity index (χ3v) is 8.81. The standard InChI is InChI=1S/C24H29ClF5N3O6S/c1-33-20(15-6-5-13(4-3-8-24(28,29)30)10-16(15)39-22(26)27)18(25)19(32-33)21(35)31-12-23(36)9-7-14(11-17(23)34)40(2,37)38/h5-6,10,14,17,22,34,36H,3-4,7-9,11-12H2,1-2H3,(H,31,35). The van der Waals surface area contributed by atoms with Gasteiger partial charge in [0.15, 0.2) is 5.69 Å². The zero-order valence-electron chi connectivity index (χ0n) is 21.5. The first-order valence-corrected chi connectivity index (χ1v) is 14.5. The predicted molar refractivity (Wildman–Crippen MR) is 135 cm³/mol. The molecule has 224 valence electrons. The SMILES string of the molecule is Cn1nc(C(=O)NCC2(O)CCC(S(C)(=O)=O)CC2O)c(Cl)c1-c1ccc(CCCC(F)(F)F)cc1OC(F)F. The smallest absolute Gasteiger partial charge is 0.389 e. The van der Waals surface area contributed by atoms with Gasteiger partial charge in [0.25, 0.3) is 5.91 Å². The predicted octanol–water partition coefficient (Wildman–Crippen LogP) is 3.65. The van der Waals surface area contributed by atoms with Crippen LogP contribution in [-0.2, 0) is 23.3 Å². The summed E-state index contributed by atoms with van der Waals surface area (Å²) in [4.78, 5) is 12.9. The number of benzene rings is 1. The van der Waals surface area contributed by atoms with Gasteiger partial charge in [-0.3, -0.25) is 9.48 Å². The summed E-state index contributed by atoms with van der Waals surface area (Å²) in [5.74, 6) is -1.24. The Morgan fingerprint density at radius 3 is 2.60 bits per heavy atom. The third-order valence-electron chi connectivity index (χ3n) is 6.81. The summed E-state index contributed by atoms with van der Waals surface area (Å²) in [5, 5.41) is 26.6. The van der Waals surface area contributed by atoms with Crippen LogP contribution in [0.4, 0.5) is 22.0 Å². The highest BCUT2D eigenvalue weighted by molar-refractivity contribution is 7.91. The molecule has 16 heteroatoms. The Hall–Kier alpha value is -2.49. The van der Waals surface area contributed by atoms with Gasteiger partial charge in [-0.15, -0.1) is 0 Å². The normalized spacial score (nSPS) is 22.0. The van der Waals surface area contributed by atoms with E-state index in [4.69, 9.17) is 11.6 Å². The molecule has 1 aromatic carbocycles. The Kier molecular flexibility index (Phi) is 9.74. The molecule has 0 spiro atoms. The fourth-order valence-corrected chi connectivity index (χ4v) is 6.04. The Morgan fingerprint density at radius 2 is 2.02 bits per heavy atom. The molecular formula is C24H29ClF5N3O6S. The molecule has 1 amide bonds. The highest BCUT2D eigenvalue weighted by Gasteiger charge is 2.44. The number of hydrogen-bond donors (Lipinski definition) is 3. The number of aryl methyl sites for hydroxylation is 2. The average Bonchev–Trinajstić information content (AvgIpc) is 3.11. The highest BCUT2D eigenvalue weighted by atomic mass is 35.5. The summed E-state index contributed by atoms with van der Waals surface area (Å²) in [6, 6.07) is 3.92. The zero-order valence-corrected chi connectivity index (χ0v) is 23.1. The molecule has 0 aliphatic heterocycles. The lowest BCUT2D eigenvalue weighted by molar-refractivity contribution is -0.135. The van der Waals surface area contributed by atoms with E-state index in [0.717, 1.165) is 10.9 Å². The highest BCUT2D eigenvalue weighted by Crippen LogP contribution is 2.38. The molecule has 9 nitrogen and oxygen atoms in total. The molecule has 0 saturated heterocycles. The number of carbonyl (C=O) groups excluding carboxylic acids is 1. The molecule has 1 heterocycles. The van der Waals surface area contributed by atoms with Gasteiger partial charge in [0.1, 0.15) is 21.2 Å². The van der Waals surface area contributed by atoms with Crippen molar-refractivity contribution in [3.8, 4) is 17.0 Å². The van der Waals surface area contributed by atoms with E-state index >= 15 is 0 Å². The van der Waals surface area contributed by atoms with Crippen molar-refractivity contribution in [2.75, 3.05) is 12.8 Å². The number of nitrogens with one attached hydrogen (secondary N) is 1. The molecule has 2 aromatic rings. The molecule has 1 aliphatic carbocycles. The molecule has 3 rings (SSSR count). The van der Waals surface area contributed by atoms with Gasteiger partial charge < -0.3 is 20.3 Å².